The van der Waals surface area contributed by atoms with Crippen LogP contribution in [0.25, 0.3) is 0 Å². The molecule has 3 fully saturated rings. The lowest BCUT2D eigenvalue weighted by molar-refractivity contribution is 0.0493. The monoisotopic (exact) mass is 579 g/mol. The maximum atomic E-state index is 13.7. The summed E-state index contributed by atoms with van der Waals surface area (Å²) in [5.74, 6) is -0.938. The van der Waals surface area contributed by atoms with E-state index in [4.69, 9.17) is 9.84 Å². The topological polar surface area (TPSA) is 99.1 Å². The van der Waals surface area contributed by atoms with Crippen LogP contribution in [-0.4, -0.2) is 86.7 Å². The highest BCUT2D eigenvalue weighted by Crippen LogP contribution is 2.38. The first-order chi connectivity index (χ1) is 19.5. The normalized spacial score (nSPS) is 21.3. The molecule has 0 bridgehead atoms. The van der Waals surface area contributed by atoms with Crippen LogP contribution in [0, 0.1) is 0 Å². The lowest BCUT2D eigenvalue weighted by Gasteiger charge is -2.39. The molecule has 9 nitrogen and oxygen atoms in total. The van der Waals surface area contributed by atoms with E-state index in [1.54, 1.807) is 35.6 Å². The van der Waals surface area contributed by atoms with Gasteiger partial charge in [-0.25, -0.2) is 19.6 Å². The van der Waals surface area contributed by atoms with E-state index in [-0.39, 0.29) is 29.7 Å². The largest absolute Gasteiger partial charge is 0.478 e. The number of carboxylic acids is 1. The van der Waals surface area contributed by atoms with Crippen molar-refractivity contribution in [2.24, 2.45) is 0 Å². The molecule has 0 spiro atoms. The van der Waals surface area contributed by atoms with Gasteiger partial charge in [0.2, 0.25) is 0 Å². The minimum atomic E-state index is -0.938. The number of nitrogens with zero attached hydrogens (tertiary/aromatic N) is 5. The average Bonchev–Trinajstić information content (AvgIpc) is 3.64. The molecule has 210 valence electrons. The van der Waals surface area contributed by atoms with Crippen molar-refractivity contribution in [1.29, 1.82) is 0 Å². The fourth-order valence-electron chi connectivity index (χ4n) is 5.94. The fraction of sp³-hybridized carbons (Fsp3) is 0.448. The first kappa shape index (κ1) is 27.2. The summed E-state index contributed by atoms with van der Waals surface area (Å²) in [6, 6.07) is 9.72. The third kappa shape index (κ3) is 6.02. The van der Waals surface area contributed by atoms with Crippen LogP contribution in [-0.2, 0) is 11.3 Å². The van der Waals surface area contributed by atoms with Crippen LogP contribution in [0.1, 0.15) is 53.2 Å². The number of carboxylic acid groups (broad SMARTS) is 1. The molecule has 0 radical (unpaired) electrons. The van der Waals surface area contributed by atoms with Crippen molar-refractivity contribution >= 4 is 35.1 Å². The summed E-state index contributed by atoms with van der Waals surface area (Å²) in [6.07, 6.45) is 7.49. The fourth-order valence-corrected chi connectivity index (χ4v) is 7.34. The Bertz CT molecular complexity index is 1290. The Morgan fingerprint density at radius 3 is 2.40 bits per heavy atom. The summed E-state index contributed by atoms with van der Waals surface area (Å²) in [7, 11) is 0. The van der Waals surface area contributed by atoms with E-state index in [0.717, 1.165) is 75.5 Å². The predicted molar refractivity (Wildman–Crippen MR) is 153 cm³/mol. The number of likely N-dealkylation sites (tertiary alicyclic amines) is 1. The van der Waals surface area contributed by atoms with Crippen LogP contribution in [0.15, 0.2) is 63.5 Å². The Kier molecular flexibility index (Phi) is 8.33. The van der Waals surface area contributed by atoms with Gasteiger partial charge in [-0.05, 0) is 84.1 Å². The molecule has 1 aromatic carbocycles. The van der Waals surface area contributed by atoms with Crippen molar-refractivity contribution in [1.82, 2.24) is 24.7 Å². The maximum absolute atomic E-state index is 13.7. The summed E-state index contributed by atoms with van der Waals surface area (Å²) < 4.78 is 5.56. The highest BCUT2D eigenvalue weighted by Gasteiger charge is 2.45. The summed E-state index contributed by atoms with van der Waals surface area (Å²) in [5.41, 5.74) is 2.57. The summed E-state index contributed by atoms with van der Waals surface area (Å²) in [5, 5.41) is 14.0. The number of aromatic carboxylic acids is 1. The molecule has 3 aliphatic heterocycles. The van der Waals surface area contributed by atoms with Gasteiger partial charge >= 0.3 is 12.0 Å². The number of thiophene rings is 1. The number of ether oxygens (including phenoxy) is 1. The van der Waals surface area contributed by atoms with Crippen molar-refractivity contribution in [3.8, 4) is 0 Å². The summed E-state index contributed by atoms with van der Waals surface area (Å²) in [4.78, 5) is 41.5. The number of hydrogen-bond acceptors (Lipinski definition) is 8. The van der Waals surface area contributed by atoms with Gasteiger partial charge in [0.05, 0.1) is 11.6 Å². The Hall–Kier alpha value is -2.99. The zero-order chi connectivity index (χ0) is 27.5. The van der Waals surface area contributed by atoms with Crippen LogP contribution in [0.5, 0.6) is 0 Å². The number of amides is 2. The second-order valence-electron chi connectivity index (χ2n) is 10.6. The van der Waals surface area contributed by atoms with Crippen molar-refractivity contribution in [3.05, 3.63) is 70.2 Å². The third-order valence-electron chi connectivity index (χ3n) is 8.08. The van der Waals surface area contributed by atoms with Crippen LogP contribution in [0.2, 0.25) is 0 Å². The standard InChI is InChI=1S/C29H33N5O4S2/c35-27(36)21-1-3-25(4-2-21)40-28-30-15-20(16-31-28)17-32-10-5-24(6-11-32)34-26(22-9-14-39-19-22)18-33(29(34)37)23-7-12-38-13-8-23/h1-4,9,14-16,19,23-24,26H,5-8,10-13,17-18H2,(H,35,36). The van der Waals surface area contributed by atoms with Gasteiger partial charge in [0.25, 0.3) is 0 Å². The van der Waals surface area contributed by atoms with Gasteiger partial charge < -0.3 is 19.6 Å². The number of urea groups is 1. The highest BCUT2D eigenvalue weighted by atomic mass is 32.2. The Morgan fingerprint density at radius 2 is 1.75 bits per heavy atom. The molecule has 2 aromatic heterocycles. The van der Waals surface area contributed by atoms with Gasteiger partial charge in [-0.1, -0.05) is 0 Å². The van der Waals surface area contributed by atoms with Crippen molar-refractivity contribution in [3.63, 3.8) is 0 Å². The van der Waals surface area contributed by atoms with Gasteiger partial charge in [-0.15, -0.1) is 0 Å². The van der Waals surface area contributed by atoms with E-state index in [1.165, 1.54) is 17.3 Å². The molecular weight excluding hydrogens is 546 g/mol. The van der Waals surface area contributed by atoms with Gasteiger partial charge in [0.1, 0.15) is 0 Å². The SMILES string of the molecule is O=C(O)c1ccc(Sc2ncc(CN3CCC(N4C(=O)N(C5CCOCC5)CC4c4ccsc4)CC3)cn2)cc1. The van der Waals surface area contributed by atoms with E-state index in [0.29, 0.717) is 5.16 Å². The van der Waals surface area contributed by atoms with Gasteiger partial charge in [-0.2, -0.15) is 11.3 Å². The minimum Gasteiger partial charge on any atom is -0.478 e. The van der Waals surface area contributed by atoms with Crippen LogP contribution >= 0.6 is 23.1 Å². The van der Waals surface area contributed by atoms with Crippen molar-refractivity contribution in [2.45, 2.75) is 60.4 Å². The number of rotatable bonds is 8. The molecule has 5 heterocycles. The molecule has 0 saturated carbocycles. The number of aromatic nitrogens is 2. The smallest absolute Gasteiger partial charge is 0.335 e. The van der Waals surface area contributed by atoms with Gasteiger partial charge in [-0.3, -0.25) is 4.90 Å². The van der Waals surface area contributed by atoms with Crippen LogP contribution in [0.4, 0.5) is 4.79 Å². The lowest BCUT2D eigenvalue weighted by atomic mass is 10.00. The van der Waals surface area contributed by atoms with Crippen LogP contribution < -0.4 is 0 Å². The van der Waals surface area contributed by atoms with Crippen molar-refractivity contribution < 1.29 is 19.4 Å². The Labute approximate surface area is 242 Å². The molecule has 6 rings (SSSR count). The molecular formula is C29H33N5O4S2. The highest BCUT2D eigenvalue weighted by molar-refractivity contribution is 7.99. The molecule has 11 heteroatoms. The van der Waals surface area contributed by atoms with E-state index >= 15 is 0 Å². The number of hydrogen-bond donors (Lipinski definition) is 1. The molecule has 3 saturated heterocycles. The number of piperidine rings is 1. The predicted octanol–water partition coefficient (Wildman–Crippen LogP) is 5.01. The zero-order valence-electron chi connectivity index (χ0n) is 22.2. The second-order valence-corrected chi connectivity index (χ2v) is 12.4. The number of benzene rings is 1. The first-order valence-electron chi connectivity index (χ1n) is 13.8. The number of carbonyl (C=O) groups is 2. The molecule has 3 aromatic rings. The molecule has 0 aliphatic carbocycles. The van der Waals surface area contributed by atoms with Crippen LogP contribution in [0.3, 0.4) is 0 Å². The van der Waals surface area contributed by atoms with Crippen molar-refractivity contribution in [2.75, 3.05) is 32.8 Å². The average molecular weight is 580 g/mol. The minimum absolute atomic E-state index is 0.122. The molecule has 1 atom stereocenters. The zero-order valence-corrected chi connectivity index (χ0v) is 23.9. The molecule has 40 heavy (non-hydrogen) atoms. The lowest BCUT2D eigenvalue weighted by Crippen LogP contribution is -2.48. The van der Waals surface area contributed by atoms with E-state index in [2.05, 4.69) is 41.5 Å². The maximum Gasteiger partial charge on any atom is 0.335 e. The Morgan fingerprint density at radius 1 is 1.02 bits per heavy atom. The Balaban J connectivity index is 1.05. The summed E-state index contributed by atoms with van der Waals surface area (Å²) in [6.45, 7) is 4.87. The first-order valence-corrected chi connectivity index (χ1v) is 15.5. The quantitative estimate of drug-likeness (QED) is 0.372. The summed E-state index contributed by atoms with van der Waals surface area (Å²) >= 11 is 3.11. The molecule has 2 amide bonds. The van der Waals surface area contributed by atoms with Gasteiger partial charge in [0.15, 0.2) is 5.16 Å². The number of carbonyl (C=O) groups excluding carboxylic acids is 1. The molecule has 1 unspecified atom stereocenters. The van der Waals surface area contributed by atoms with Gasteiger partial charge in [0, 0.05) is 74.3 Å². The molecule has 1 N–H and O–H groups in total. The van der Waals surface area contributed by atoms with E-state index in [9.17, 15) is 9.59 Å². The molecule has 3 aliphatic rings. The van der Waals surface area contributed by atoms with E-state index in [1.807, 2.05) is 12.4 Å². The van der Waals surface area contributed by atoms with E-state index < -0.39 is 5.97 Å². The second kappa shape index (κ2) is 12.3. The third-order valence-corrected chi connectivity index (χ3v) is 9.68.